The van der Waals surface area contributed by atoms with Crippen LogP contribution in [0.3, 0.4) is 0 Å². The first kappa shape index (κ1) is 13.6. The highest BCUT2D eigenvalue weighted by atomic mass is 32.1. The summed E-state index contributed by atoms with van der Waals surface area (Å²) < 4.78 is 10.6. The summed E-state index contributed by atoms with van der Waals surface area (Å²) in [6.07, 6.45) is 0. The predicted molar refractivity (Wildman–Crippen MR) is 72.7 cm³/mol. The average Bonchev–Trinajstić information content (AvgIpc) is 2.37. The van der Waals surface area contributed by atoms with Crippen LogP contribution in [-0.2, 0) is 6.54 Å². The Labute approximate surface area is 108 Å². The minimum Gasteiger partial charge on any atom is -0.493 e. The molecule has 0 unspecified atom stereocenters. The minimum absolute atomic E-state index is 0.667. The normalized spacial score (nSPS) is 9.65. The Morgan fingerprint density at radius 1 is 1.35 bits per heavy atom. The van der Waals surface area contributed by atoms with Gasteiger partial charge in [-0.3, -0.25) is 0 Å². The Kier molecular flexibility index (Phi) is 5.03. The van der Waals surface area contributed by atoms with Crippen molar-refractivity contribution in [3.05, 3.63) is 23.8 Å². The fourth-order valence-corrected chi connectivity index (χ4v) is 1.66. The molecule has 94 valence electrons. The largest absolute Gasteiger partial charge is 0.493 e. The van der Waals surface area contributed by atoms with Crippen LogP contribution >= 0.6 is 12.2 Å². The van der Waals surface area contributed by atoms with E-state index >= 15 is 0 Å². The fourth-order valence-electron chi connectivity index (χ4n) is 1.60. The fraction of sp³-hybridized carbons (Fsp3) is 0.417. The molecular formula is C12H18N2O2S. The first-order valence-corrected chi connectivity index (χ1v) is 5.67. The molecule has 0 bridgehead atoms. The van der Waals surface area contributed by atoms with E-state index in [1.165, 1.54) is 0 Å². The summed E-state index contributed by atoms with van der Waals surface area (Å²) in [7, 11) is 7.00. The van der Waals surface area contributed by atoms with E-state index in [0.717, 1.165) is 17.1 Å². The van der Waals surface area contributed by atoms with Crippen molar-refractivity contribution in [1.82, 2.24) is 10.2 Å². The van der Waals surface area contributed by atoms with Gasteiger partial charge in [0.05, 0.1) is 14.2 Å². The molecule has 0 aliphatic carbocycles. The third-order valence-corrected chi connectivity index (χ3v) is 2.97. The Balaban J connectivity index is 2.94. The Bertz CT molecular complexity index is 396. The molecule has 0 aliphatic heterocycles. The molecule has 0 atom stereocenters. The van der Waals surface area contributed by atoms with Crippen molar-refractivity contribution in [3.8, 4) is 11.5 Å². The van der Waals surface area contributed by atoms with Gasteiger partial charge in [0.1, 0.15) is 0 Å². The summed E-state index contributed by atoms with van der Waals surface area (Å²) >= 11 is 5.16. The number of para-hydroxylation sites is 1. The number of hydrogen-bond donors (Lipinski definition) is 1. The minimum atomic E-state index is 0.667. The maximum absolute atomic E-state index is 5.37. The molecule has 0 saturated heterocycles. The number of rotatable bonds is 4. The van der Waals surface area contributed by atoms with Gasteiger partial charge in [0.25, 0.3) is 0 Å². The maximum Gasteiger partial charge on any atom is 0.168 e. The Hall–Kier alpha value is -1.49. The van der Waals surface area contributed by atoms with Crippen molar-refractivity contribution < 1.29 is 9.47 Å². The molecule has 0 fully saturated rings. The Morgan fingerprint density at radius 2 is 2.06 bits per heavy atom. The molecule has 0 saturated carbocycles. The molecule has 1 rings (SSSR count). The molecule has 0 aromatic heterocycles. The molecule has 1 N–H and O–H groups in total. The van der Waals surface area contributed by atoms with Crippen LogP contribution in [0.4, 0.5) is 0 Å². The lowest BCUT2D eigenvalue weighted by Gasteiger charge is -2.21. The first-order chi connectivity index (χ1) is 8.13. The third kappa shape index (κ3) is 3.23. The molecular weight excluding hydrogens is 236 g/mol. The highest BCUT2D eigenvalue weighted by Gasteiger charge is 2.12. The number of nitrogens with one attached hydrogen (secondary N) is 1. The van der Waals surface area contributed by atoms with Crippen LogP contribution in [0.15, 0.2) is 18.2 Å². The summed E-state index contributed by atoms with van der Waals surface area (Å²) in [5, 5.41) is 3.63. The highest BCUT2D eigenvalue weighted by molar-refractivity contribution is 7.80. The van der Waals surface area contributed by atoms with Crippen LogP contribution in [0.1, 0.15) is 5.56 Å². The van der Waals surface area contributed by atoms with Crippen LogP contribution < -0.4 is 14.8 Å². The first-order valence-electron chi connectivity index (χ1n) is 5.26. The van der Waals surface area contributed by atoms with Crippen molar-refractivity contribution in [2.75, 3.05) is 28.3 Å². The average molecular weight is 254 g/mol. The standard InChI is InChI=1S/C12H18N2O2S/c1-13-12(17)14(2)8-9-6-5-7-10(15-3)11(9)16-4/h5-7H,8H2,1-4H3,(H,13,17). The van der Waals surface area contributed by atoms with E-state index in [0.29, 0.717) is 11.7 Å². The second kappa shape index (κ2) is 6.30. The van der Waals surface area contributed by atoms with Crippen LogP contribution in [0.2, 0.25) is 0 Å². The summed E-state index contributed by atoms with van der Waals surface area (Å²) in [5.74, 6) is 1.48. The second-order valence-corrected chi connectivity index (χ2v) is 3.95. The molecule has 0 aliphatic rings. The van der Waals surface area contributed by atoms with Gasteiger partial charge in [-0.05, 0) is 18.3 Å². The lowest BCUT2D eigenvalue weighted by molar-refractivity contribution is 0.346. The molecule has 0 spiro atoms. The van der Waals surface area contributed by atoms with Gasteiger partial charge in [-0.25, -0.2) is 0 Å². The zero-order chi connectivity index (χ0) is 12.8. The summed E-state index contributed by atoms with van der Waals surface area (Å²) in [5.41, 5.74) is 1.03. The summed E-state index contributed by atoms with van der Waals surface area (Å²) in [6, 6.07) is 5.81. The monoisotopic (exact) mass is 254 g/mol. The van der Waals surface area contributed by atoms with Crippen molar-refractivity contribution in [3.63, 3.8) is 0 Å². The van der Waals surface area contributed by atoms with E-state index in [2.05, 4.69) is 5.32 Å². The predicted octanol–water partition coefficient (Wildman–Crippen LogP) is 1.64. The van der Waals surface area contributed by atoms with Gasteiger partial charge >= 0.3 is 0 Å². The number of benzene rings is 1. The molecule has 1 aromatic rings. The zero-order valence-electron chi connectivity index (χ0n) is 10.6. The molecule has 1 aromatic carbocycles. The van der Waals surface area contributed by atoms with E-state index in [4.69, 9.17) is 21.7 Å². The zero-order valence-corrected chi connectivity index (χ0v) is 11.4. The van der Waals surface area contributed by atoms with E-state index in [9.17, 15) is 0 Å². The number of ether oxygens (including phenoxy) is 2. The lowest BCUT2D eigenvalue weighted by Crippen LogP contribution is -2.34. The number of nitrogens with zero attached hydrogens (tertiary/aromatic N) is 1. The van der Waals surface area contributed by atoms with Gasteiger partial charge < -0.3 is 19.7 Å². The third-order valence-electron chi connectivity index (χ3n) is 2.45. The van der Waals surface area contributed by atoms with Crippen LogP contribution in [0, 0.1) is 0 Å². The van der Waals surface area contributed by atoms with E-state index in [1.54, 1.807) is 14.2 Å². The van der Waals surface area contributed by atoms with Crippen molar-refractivity contribution in [1.29, 1.82) is 0 Å². The molecule has 0 amide bonds. The smallest absolute Gasteiger partial charge is 0.168 e. The van der Waals surface area contributed by atoms with Crippen molar-refractivity contribution in [2.24, 2.45) is 0 Å². The van der Waals surface area contributed by atoms with Crippen molar-refractivity contribution in [2.45, 2.75) is 6.54 Å². The Morgan fingerprint density at radius 3 is 2.59 bits per heavy atom. The van der Waals surface area contributed by atoms with E-state index in [1.807, 2.05) is 37.2 Å². The van der Waals surface area contributed by atoms with Gasteiger partial charge in [-0.2, -0.15) is 0 Å². The highest BCUT2D eigenvalue weighted by Crippen LogP contribution is 2.31. The van der Waals surface area contributed by atoms with Gasteiger partial charge in [0.2, 0.25) is 0 Å². The molecule has 0 heterocycles. The van der Waals surface area contributed by atoms with Crippen LogP contribution in [-0.4, -0.2) is 38.3 Å². The molecule has 4 nitrogen and oxygen atoms in total. The van der Waals surface area contributed by atoms with Gasteiger partial charge in [-0.15, -0.1) is 0 Å². The lowest BCUT2D eigenvalue weighted by atomic mass is 10.1. The molecule has 17 heavy (non-hydrogen) atoms. The van der Waals surface area contributed by atoms with E-state index in [-0.39, 0.29) is 0 Å². The topological polar surface area (TPSA) is 33.7 Å². The van der Waals surface area contributed by atoms with Gasteiger partial charge in [0, 0.05) is 26.2 Å². The second-order valence-electron chi connectivity index (χ2n) is 3.56. The molecule has 5 heteroatoms. The number of methoxy groups -OCH3 is 2. The maximum atomic E-state index is 5.37. The SMILES string of the molecule is CNC(=S)N(C)Cc1cccc(OC)c1OC. The van der Waals surface area contributed by atoms with Crippen LogP contribution in [0.5, 0.6) is 11.5 Å². The van der Waals surface area contributed by atoms with Crippen molar-refractivity contribution >= 4 is 17.3 Å². The quantitative estimate of drug-likeness (QED) is 0.826. The van der Waals surface area contributed by atoms with E-state index < -0.39 is 0 Å². The number of thiocarbonyl (C=S) groups is 1. The summed E-state index contributed by atoms with van der Waals surface area (Å²) in [6.45, 7) is 0.667. The van der Waals surface area contributed by atoms with Gasteiger partial charge in [-0.1, -0.05) is 12.1 Å². The van der Waals surface area contributed by atoms with Crippen LogP contribution in [0.25, 0.3) is 0 Å². The van der Waals surface area contributed by atoms with Gasteiger partial charge in [0.15, 0.2) is 16.6 Å². The molecule has 0 radical (unpaired) electrons. The number of hydrogen-bond acceptors (Lipinski definition) is 3. The summed E-state index contributed by atoms with van der Waals surface area (Å²) in [4.78, 5) is 1.94.